The summed E-state index contributed by atoms with van der Waals surface area (Å²) < 4.78 is 0. The second-order valence-electron chi connectivity index (χ2n) is 4.04. The van der Waals surface area contributed by atoms with E-state index in [-0.39, 0.29) is 5.91 Å². The van der Waals surface area contributed by atoms with Crippen LogP contribution in [0.1, 0.15) is 6.92 Å². The molecule has 0 unspecified atom stereocenters. The van der Waals surface area contributed by atoms with Gasteiger partial charge in [-0.25, -0.2) is 9.97 Å². The van der Waals surface area contributed by atoms with Crippen molar-refractivity contribution in [3.05, 3.63) is 42.6 Å². The van der Waals surface area contributed by atoms with Crippen LogP contribution in [0.25, 0.3) is 11.4 Å². The van der Waals surface area contributed by atoms with Crippen LogP contribution in [-0.4, -0.2) is 29.0 Å². The van der Waals surface area contributed by atoms with Gasteiger partial charge in [-0.2, -0.15) is 0 Å². The number of benzene rings is 1. The molecule has 0 atom stereocenters. The third-order valence-corrected chi connectivity index (χ3v) is 2.49. The first-order valence-electron chi connectivity index (χ1n) is 6.12. The molecule has 2 rings (SSSR count). The van der Waals surface area contributed by atoms with E-state index in [4.69, 9.17) is 0 Å². The van der Waals surface area contributed by atoms with Crippen molar-refractivity contribution in [3.8, 4) is 11.4 Å². The first-order valence-corrected chi connectivity index (χ1v) is 6.12. The fraction of sp³-hybridized carbons (Fsp3) is 0.214. The van der Waals surface area contributed by atoms with Crippen molar-refractivity contribution in [3.63, 3.8) is 0 Å². The summed E-state index contributed by atoms with van der Waals surface area (Å²) in [5, 5.41) is 5.86. The van der Waals surface area contributed by atoms with Crippen molar-refractivity contribution in [1.82, 2.24) is 15.3 Å². The van der Waals surface area contributed by atoms with E-state index in [1.165, 1.54) is 6.92 Å². The van der Waals surface area contributed by atoms with E-state index in [0.29, 0.717) is 18.9 Å². The zero-order valence-electron chi connectivity index (χ0n) is 10.8. The first-order chi connectivity index (χ1) is 9.25. The van der Waals surface area contributed by atoms with Crippen molar-refractivity contribution in [2.45, 2.75) is 6.92 Å². The molecule has 2 N–H and O–H groups in total. The third kappa shape index (κ3) is 4.06. The molecule has 1 heterocycles. The van der Waals surface area contributed by atoms with Gasteiger partial charge in [0.25, 0.3) is 0 Å². The Kier molecular flexibility index (Phi) is 4.44. The summed E-state index contributed by atoms with van der Waals surface area (Å²) in [7, 11) is 0. The average molecular weight is 256 g/mol. The number of anilines is 1. The fourth-order valence-electron chi connectivity index (χ4n) is 1.61. The molecule has 1 amide bonds. The maximum atomic E-state index is 10.7. The third-order valence-electron chi connectivity index (χ3n) is 2.49. The Morgan fingerprint density at radius 2 is 1.95 bits per heavy atom. The average Bonchev–Trinajstić information content (AvgIpc) is 2.45. The maximum Gasteiger partial charge on any atom is 0.216 e. The molecule has 0 fully saturated rings. The fourth-order valence-corrected chi connectivity index (χ4v) is 1.61. The van der Waals surface area contributed by atoms with E-state index in [2.05, 4.69) is 20.6 Å². The molecule has 1 aromatic carbocycles. The van der Waals surface area contributed by atoms with Gasteiger partial charge in [0.1, 0.15) is 5.82 Å². The van der Waals surface area contributed by atoms with Crippen molar-refractivity contribution in [2.24, 2.45) is 0 Å². The van der Waals surface area contributed by atoms with Crippen LogP contribution < -0.4 is 10.6 Å². The van der Waals surface area contributed by atoms with Gasteiger partial charge in [0.2, 0.25) is 5.91 Å². The van der Waals surface area contributed by atoms with Crippen molar-refractivity contribution >= 4 is 11.7 Å². The van der Waals surface area contributed by atoms with Gasteiger partial charge in [0, 0.05) is 31.8 Å². The molecule has 0 aliphatic rings. The molecule has 5 nitrogen and oxygen atoms in total. The minimum atomic E-state index is -0.0329. The topological polar surface area (TPSA) is 66.9 Å². The lowest BCUT2D eigenvalue weighted by molar-refractivity contribution is -0.118. The maximum absolute atomic E-state index is 10.7. The van der Waals surface area contributed by atoms with Crippen LogP contribution in [0.15, 0.2) is 42.6 Å². The number of hydrogen-bond acceptors (Lipinski definition) is 4. The Labute approximate surface area is 112 Å². The molecule has 0 aliphatic carbocycles. The molecule has 5 heteroatoms. The minimum absolute atomic E-state index is 0.0329. The highest BCUT2D eigenvalue weighted by molar-refractivity contribution is 5.72. The number of hydrogen-bond donors (Lipinski definition) is 2. The predicted molar refractivity (Wildman–Crippen MR) is 74.6 cm³/mol. The summed E-state index contributed by atoms with van der Waals surface area (Å²) in [5.74, 6) is 1.40. The summed E-state index contributed by atoms with van der Waals surface area (Å²) in [6.07, 6.45) is 1.72. The molecule has 1 aromatic heterocycles. The van der Waals surface area contributed by atoms with E-state index >= 15 is 0 Å². The molecule has 0 saturated carbocycles. The normalized spacial score (nSPS) is 9.95. The van der Waals surface area contributed by atoms with E-state index < -0.39 is 0 Å². The Morgan fingerprint density at radius 1 is 1.16 bits per heavy atom. The first kappa shape index (κ1) is 13.0. The van der Waals surface area contributed by atoms with Gasteiger partial charge in [0.15, 0.2) is 5.82 Å². The van der Waals surface area contributed by atoms with Crippen LogP contribution in [0.4, 0.5) is 5.82 Å². The summed E-state index contributed by atoms with van der Waals surface area (Å²) in [6, 6.07) is 11.6. The van der Waals surface area contributed by atoms with Crippen LogP contribution >= 0.6 is 0 Å². The summed E-state index contributed by atoms with van der Waals surface area (Å²) in [4.78, 5) is 19.4. The van der Waals surface area contributed by atoms with Gasteiger partial charge in [-0.1, -0.05) is 30.3 Å². The minimum Gasteiger partial charge on any atom is -0.368 e. The van der Waals surface area contributed by atoms with Crippen molar-refractivity contribution in [2.75, 3.05) is 18.4 Å². The lowest BCUT2D eigenvalue weighted by atomic mass is 10.2. The Morgan fingerprint density at radius 3 is 2.68 bits per heavy atom. The molecule has 0 aliphatic heterocycles. The van der Waals surface area contributed by atoms with Crippen LogP contribution in [0.5, 0.6) is 0 Å². The molecule has 98 valence electrons. The number of nitrogens with one attached hydrogen (secondary N) is 2. The second kappa shape index (κ2) is 6.49. The van der Waals surface area contributed by atoms with Crippen molar-refractivity contribution < 1.29 is 4.79 Å². The molecule has 0 saturated heterocycles. The van der Waals surface area contributed by atoms with E-state index in [9.17, 15) is 4.79 Å². The second-order valence-corrected chi connectivity index (χ2v) is 4.04. The molecule has 2 aromatic rings. The zero-order chi connectivity index (χ0) is 13.5. The van der Waals surface area contributed by atoms with Gasteiger partial charge < -0.3 is 10.6 Å². The Hall–Kier alpha value is -2.43. The predicted octanol–water partition coefficient (Wildman–Crippen LogP) is 1.69. The number of amides is 1. The van der Waals surface area contributed by atoms with Crippen LogP contribution in [-0.2, 0) is 4.79 Å². The lowest BCUT2D eigenvalue weighted by Gasteiger charge is -2.07. The largest absolute Gasteiger partial charge is 0.368 e. The van der Waals surface area contributed by atoms with Gasteiger partial charge >= 0.3 is 0 Å². The highest BCUT2D eigenvalue weighted by Crippen LogP contribution is 2.15. The Balaban J connectivity index is 1.98. The number of carbonyl (C=O) groups excluding carboxylic acids is 1. The number of nitrogens with zero attached hydrogens (tertiary/aromatic N) is 2. The van der Waals surface area contributed by atoms with Gasteiger partial charge in [-0.15, -0.1) is 0 Å². The SMILES string of the molecule is CC(=O)NCCNc1ccnc(-c2ccccc2)n1. The molecular formula is C14H16N4O. The quantitative estimate of drug-likeness (QED) is 0.799. The molecule has 0 radical (unpaired) electrons. The van der Waals surface area contributed by atoms with E-state index in [0.717, 1.165) is 11.4 Å². The van der Waals surface area contributed by atoms with E-state index in [1.54, 1.807) is 12.3 Å². The monoisotopic (exact) mass is 256 g/mol. The molecule has 19 heavy (non-hydrogen) atoms. The standard InChI is InChI=1S/C14H16N4O/c1-11(19)15-9-10-16-13-7-8-17-14(18-13)12-5-3-2-4-6-12/h2-8H,9-10H2,1H3,(H,15,19)(H,16,17,18). The molecular weight excluding hydrogens is 240 g/mol. The summed E-state index contributed by atoms with van der Waals surface area (Å²) in [5.41, 5.74) is 0.980. The van der Waals surface area contributed by atoms with Crippen LogP contribution in [0.3, 0.4) is 0 Å². The molecule has 0 bridgehead atoms. The highest BCUT2D eigenvalue weighted by Gasteiger charge is 2.01. The summed E-state index contributed by atoms with van der Waals surface area (Å²) in [6.45, 7) is 2.70. The van der Waals surface area contributed by atoms with Gasteiger partial charge in [0.05, 0.1) is 0 Å². The summed E-state index contributed by atoms with van der Waals surface area (Å²) >= 11 is 0. The van der Waals surface area contributed by atoms with Gasteiger partial charge in [-0.05, 0) is 6.07 Å². The van der Waals surface area contributed by atoms with E-state index in [1.807, 2.05) is 30.3 Å². The molecule has 0 spiro atoms. The highest BCUT2D eigenvalue weighted by atomic mass is 16.1. The number of aromatic nitrogens is 2. The van der Waals surface area contributed by atoms with Crippen LogP contribution in [0, 0.1) is 0 Å². The Bertz CT molecular complexity index is 542. The van der Waals surface area contributed by atoms with Crippen LogP contribution in [0.2, 0.25) is 0 Å². The van der Waals surface area contributed by atoms with Crippen molar-refractivity contribution in [1.29, 1.82) is 0 Å². The number of rotatable bonds is 5. The smallest absolute Gasteiger partial charge is 0.216 e. The lowest BCUT2D eigenvalue weighted by Crippen LogP contribution is -2.26. The van der Waals surface area contributed by atoms with Gasteiger partial charge in [-0.3, -0.25) is 4.79 Å². The number of carbonyl (C=O) groups is 1. The zero-order valence-corrected chi connectivity index (χ0v) is 10.8.